The number of H-pyrrole nitrogens is 2. The molecule has 5 rings (SSSR count). The molecule has 0 saturated heterocycles. The summed E-state index contributed by atoms with van der Waals surface area (Å²) in [4.78, 5) is 43.9. The number of fused-ring (bicyclic) bond motifs is 2. The standard InChI is InChI=1S/C27H28N8O2/c1-5-35(6-2)27(37)19-8-7-9-21-22(19)32-25(31-21)23-20-11-17(13-29-24(20)34-33-23)16-10-18(14-28-12-16)30-26(36)15(3)4/h7-15H,5-6H2,1-4H3,(H,30,36)(H,31,32)(H,29,33,34). The van der Waals surface area contributed by atoms with Crippen LogP contribution in [0, 0.1) is 5.92 Å². The van der Waals surface area contributed by atoms with Crippen LogP contribution >= 0.6 is 0 Å². The number of nitrogens with one attached hydrogen (secondary N) is 3. The van der Waals surface area contributed by atoms with Crippen molar-refractivity contribution < 1.29 is 9.59 Å². The number of benzene rings is 1. The molecule has 0 spiro atoms. The fourth-order valence-corrected chi connectivity index (χ4v) is 4.19. The van der Waals surface area contributed by atoms with Crippen LogP contribution in [0.15, 0.2) is 48.9 Å². The summed E-state index contributed by atoms with van der Waals surface area (Å²) in [6.07, 6.45) is 5.07. The number of pyridine rings is 2. The lowest BCUT2D eigenvalue weighted by Gasteiger charge is -2.18. The Hall–Kier alpha value is -4.60. The normalized spacial score (nSPS) is 11.4. The highest BCUT2D eigenvalue weighted by molar-refractivity contribution is 6.06. The fraction of sp³-hybridized carbons (Fsp3) is 0.259. The molecule has 0 aliphatic carbocycles. The number of carbonyl (C=O) groups excluding carboxylic acids is 2. The van der Waals surface area contributed by atoms with Crippen LogP contribution in [0.3, 0.4) is 0 Å². The fourth-order valence-electron chi connectivity index (χ4n) is 4.19. The third-order valence-corrected chi connectivity index (χ3v) is 6.30. The molecule has 0 unspecified atom stereocenters. The van der Waals surface area contributed by atoms with Crippen molar-refractivity contribution in [1.29, 1.82) is 0 Å². The Balaban J connectivity index is 1.54. The predicted molar refractivity (Wildman–Crippen MR) is 143 cm³/mol. The second kappa shape index (κ2) is 9.81. The van der Waals surface area contributed by atoms with E-state index in [0.717, 1.165) is 22.0 Å². The Morgan fingerprint density at radius 3 is 2.59 bits per heavy atom. The summed E-state index contributed by atoms with van der Waals surface area (Å²) >= 11 is 0. The SMILES string of the molecule is CCN(CC)C(=O)c1cccc2[nH]c(-c3n[nH]c4ncc(-c5cncc(NC(=O)C(C)C)c5)cc34)nc12. The summed E-state index contributed by atoms with van der Waals surface area (Å²) in [7, 11) is 0. The monoisotopic (exact) mass is 496 g/mol. The van der Waals surface area contributed by atoms with Gasteiger partial charge in [0.15, 0.2) is 11.5 Å². The molecule has 2 amide bonds. The molecule has 1 aromatic carbocycles. The number of hydrogen-bond donors (Lipinski definition) is 3. The topological polar surface area (TPSA) is 133 Å². The first kappa shape index (κ1) is 24.1. The van der Waals surface area contributed by atoms with E-state index < -0.39 is 0 Å². The van der Waals surface area contributed by atoms with Gasteiger partial charge in [0.1, 0.15) is 11.2 Å². The molecule has 4 aromatic heterocycles. The van der Waals surface area contributed by atoms with Crippen molar-refractivity contribution in [3.8, 4) is 22.6 Å². The average Bonchev–Trinajstić information content (AvgIpc) is 3.53. The Morgan fingerprint density at radius 2 is 1.84 bits per heavy atom. The highest BCUT2D eigenvalue weighted by atomic mass is 16.2. The number of amides is 2. The number of aromatic amines is 2. The minimum atomic E-state index is -0.137. The van der Waals surface area contributed by atoms with Gasteiger partial charge in [-0.2, -0.15) is 5.10 Å². The summed E-state index contributed by atoms with van der Waals surface area (Å²) < 4.78 is 0. The van der Waals surface area contributed by atoms with Crippen LogP contribution in [0.4, 0.5) is 5.69 Å². The van der Waals surface area contributed by atoms with Crippen LogP contribution in [-0.2, 0) is 4.79 Å². The molecule has 0 aliphatic heterocycles. The number of carbonyl (C=O) groups is 2. The number of anilines is 1. The van der Waals surface area contributed by atoms with Crippen LogP contribution in [0.5, 0.6) is 0 Å². The number of nitrogens with zero attached hydrogens (tertiary/aromatic N) is 5. The van der Waals surface area contributed by atoms with E-state index in [4.69, 9.17) is 4.98 Å². The van der Waals surface area contributed by atoms with Gasteiger partial charge >= 0.3 is 0 Å². The first-order valence-electron chi connectivity index (χ1n) is 12.3. The van der Waals surface area contributed by atoms with Gasteiger partial charge in [-0.25, -0.2) is 9.97 Å². The van der Waals surface area contributed by atoms with Crippen molar-refractivity contribution in [3.05, 3.63) is 54.5 Å². The first-order chi connectivity index (χ1) is 17.9. The van der Waals surface area contributed by atoms with Crippen molar-refractivity contribution in [2.75, 3.05) is 18.4 Å². The van der Waals surface area contributed by atoms with Gasteiger partial charge < -0.3 is 15.2 Å². The maximum Gasteiger partial charge on any atom is 0.256 e. The lowest BCUT2D eigenvalue weighted by Crippen LogP contribution is -2.30. The lowest BCUT2D eigenvalue weighted by molar-refractivity contribution is -0.118. The van der Waals surface area contributed by atoms with Gasteiger partial charge in [-0.1, -0.05) is 19.9 Å². The molecular weight excluding hydrogens is 468 g/mol. The minimum Gasteiger partial charge on any atom is -0.339 e. The molecule has 188 valence electrons. The van der Waals surface area contributed by atoms with Gasteiger partial charge in [-0.05, 0) is 38.1 Å². The summed E-state index contributed by atoms with van der Waals surface area (Å²) in [5, 5.41) is 11.1. The van der Waals surface area contributed by atoms with E-state index in [1.54, 1.807) is 29.6 Å². The minimum absolute atomic E-state index is 0.0542. The predicted octanol–water partition coefficient (Wildman–Crippen LogP) is 4.64. The molecule has 0 atom stereocenters. The molecule has 10 heteroatoms. The van der Waals surface area contributed by atoms with Gasteiger partial charge in [-0.15, -0.1) is 0 Å². The van der Waals surface area contributed by atoms with Gasteiger partial charge in [0.25, 0.3) is 5.91 Å². The van der Waals surface area contributed by atoms with E-state index in [-0.39, 0.29) is 17.7 Å². The van der Waals surface area contributed by atoms with Crippen LogP contribution < -0.4 is 5.32 Å². The lowest BCUT2D eigenvalue weighted by atomic mass is 10.1. The molecule has 10 nitrogen and oxygen atoms in total. The summed E-state index contributed by atoms with van der Waals surface area (Å²) in [5.41, 5.74) is 5.35. The van der Waals surface area contributed by atoms with Crippen molar-refractivity contribution >= 4 is 39.6 Å². The van der Waals surface area contributed by atoms with E-state index in [0.29, 0.717) is 47.0 Å². The second-order valence-corrected chi connectivity index (χ2v) is 9.06. The van der Waals surface area contributed by atoms with Crippen LogP contribution in [0.2, 0.25) is 0 Å². The Labute approximate surface area is 213 Å². The third kappa shape index (κ3) is 4.53. The van der Waals surface area contributed by atoms with Crippen molar-refractivity contribution in [2.45, 2.75) is 27.7 Å². The number of rotatable bonds is 7. The molecule has 37 heavy (non-hydrogen) atoms. The first-order valence-corrected chi connectivity index (χ1v) is 12.3. The van der Waals surface area contributed by atoms with Crippen LogP contribution in [0.1, 0.15) is 38.1 Å². The van der Waals surface area contributed by atoms with E-state index in [9.17, 15) is 9.59 Å². The Morgan fingerprint density at radius 1 is 1.05 bits per heavy atom. The second-order valence-electron chi connectivity index (χ2n) is 9.06. The molecule has 0 fully saturated rings. The molecule has 0 saturated carbocycles. The van der Waals surface area contributed by atoms with E-state index in [2.05, 4.69) is 30.5 Å². The number of para-hydroxylation sites is 1. The summed E-state index contributed by atoms with van der Waals surface area (Å²) in [6.45, 7) is 8.84. The molecule has 5 aromatic rings. The highest BCUT2D eigenvalue weighted by Gasteiger charge is 2.20. The van der Waals surface area contributed by atoms with Gasteiger partial charge in [-0.3, -0.25) is 19.7 Å². The Bertz CT molecular complexity index is 1610. The van der Waals surface area contributed by atoms with Gasteiger partial charge in [0.05, 0.1) is 28.4 Å². The van der Waals surface area contributed by atoms with Crippen molar-refractivity contribution in [3.63, 3.8) is 0 Å². The molecule has 0 radical (unpaired) electrons. The zero-order valence-corrected chi connectivity index (χ0v) is 21.2. The average molecular weight is 497 g/mol. The maximum absolute atomic E-state index is 13.1. The zero-order chi connectivity index (χ0) is 26.1. The van der Waals surface area contributed by atoms with E-state index in [1.807, 2.05) is 52.0 Å². The van der Waals surface area contributed by atoms with E-state index >= 15 is 0 Å². The Kier molecular flexibility index (Phi) is 6.39. The smallest absolute Gasteiger partial charge is 0.256 e. The van der Waals surface area contributed by atoms with Gasteiger partial charge in [0, 0.05) is 42.5 Å². The summed E-state index contributed by atoms with van der Waals surface area (Å²) in [6, 6.07) is 9.37. The van der Waals surface area contributed by atoms with Crippen molar-refractivity contribution in [2.24, 2.45) is 5.92 Å². The highest BCUT2D eigenvalue weighted by Crippen LogP contribution is 2.30. The van der Waals surface area contributed by atoms with Crippen molar-refractivity contribution in [1.82, 2.24) is 35.0 Å². The molecule has 3 N–H and O–H groups in total. The molecular formula is C27H28N8O2. The number of hydrogen-bond acceptors (Lipinski definition) is 6. The van der Waals surface area contributed by atoms with E-state index in [1.165, 1.54) is 0 Å². The zero-order valence-electron chi connectivity index (χ0n) is 21.2. The molecule has 0 bridgehead atoms. The molecule has 0 aliphatic rings. The van der Waals surface area contributed by atoms with Crippen LogP contribution in [0.25, 0.3) is 44.7 Å². The largest absolute Gasteiger partial charge is 0.339 e. The maximum atomic E-state index is 13.1. The third-order valence-electron chi connectivity index (χ3n) is 6.30. The molecule has 4 heterocycles. The summed E-state index contributed by atoms with van der Waals surface area (Å²) in [5.74, 6) is 0.271. The number of aromatic nitrogens is 6. The number of imidazole rings is 1. The quantitative estimate of drug-likeness (QED) is 0.301. The van der Waals surface area contributed by atoms with Gasteiger partial charge in [0.2, 0.25) is 5.91 Å². The van der Waals surface area contributed by atoms with Crippen LogP contribution in [-0.4, -0.2) is 59.9 Å².